The summed E-state index contributed by atoms with van der Waals surface area (Å²) in [6.07, 6.45) is 0. The number of hydrogen-bond acceptors (Lipinski definition) is 1. The van der Waals surface area contributed by atoms with Crippen LogP contribution in [-0.4, -0.2) is 5.91 Å². The summed E-state index contributed by atoms with van der Waals surface area (Å²) in [7, 11) is 0. The topological polar surface area (TPSA) is 29.1 Å². The Balaban J connectivity index is 3.08. The first-order valence-corrected chi connectivity index (χ1v) is 4.53. The molecule has 0 heterocycles. The summed E-state index contributed by atoms with van der Waals surface area (Å²) in [6, 6.07) is 2.92. The summed E-state index contributed by atoms with van der Waals surface area (Å²) in [5.74, 6) is -0.545. The van der Waals surface area contributed by atoms with Crippen LogP contribution >= 0.6 is 15.9 Å². The van der Waals surface area contributed by atoms with Gasteiger partial charge < -0.3 is 5.32 Å². The number of nitrogens with one attached hydrogen (secondary N) is 1. The minimum Gasteiger partial charge on any atom is -0.325 e. The summed E-state index contributed by atoms with van der Waals surface area (Å²) in [5, 5.41) is 2.52. The van der Waals surface area contributed by atoms with Crippen molar-refractivity contribution in [2.45, 2.75) is 13.8 Å². The molecule has 1 amide bonds. The van der Waals surface area contributed by atoms with Crippen molar-refractivity contribution in [3.63, 3.8) is 0 Å². The van der Waals surface area contributed by atoms with Crippen LogP contribution in [0.15, 0.2) is 16.6 Å². The molecule has 0 saturated heterocycles. The Morgan fingerprint density at radius 2 is 2.15 bits per heavy atom. The monoisotopic (exact) mass is 245 g/mol. The van der Waals surface area contributed by atoms with E-state index in [-0.39, 0.29) is 11.7 Å². The van der Waals surface area contributed by atoms with E-state index in [1.54, 1.807) is 13.0 Å². The normalized spacial score (nSPS) is 9.85. The van der Waals surface area contributed by atoms with Crippen molar-refractivity contribution in [3.05, 3.63) is 28.0 Å². The van der Waals surface area contributed by atoms with Crippen LogP contribution in [0.2, 0.25) is 0 Å². The fourth-order valence-corrected chi connectivity index (χ4v) is 1.49. The molecule has 0 aromatic heterocycles. The van der Waals surface area contributed by atoms with Gasteiger partial charge in [-0.15, -0.1) is 0 Å². The van der Waals surface area contributed by atoms with E-state index < -0.39 is 0 Å². The molecule has 4 heteroatoms. The van der Waals surface area contributed by atoms with Crippen LogP contribution in [0.5, 0.6) is 0 Å². The standard InChI is InChI=1S/C9H9BrFNO/c1-5-3-7(10)9(4-8(5)11)12-6(2)13/h3-4H,1-2H3,(H,12,13). The van der Waals surface area contributed by atoms with E-state index in [1.807, 2.05) is 0 Å². The first-order valence-electron chi connectivity index (χ1n) is 3.74. The molecule has 0 atom stereocenters. The maximum Gasteiger partial charge on any atom is 0.221 e. The molecule has 1 aromatic carbocycles. The van der Waals surface area contributed by atoms with Crippen molar-refractivity contribution in [2.75, 3.05) is 5.32 Å². The van der Waals surface area contributed by atoms with E-state index in [2.05, 4.69) is 21.2 Å². The van der Waals surface area contributed by atoms with Gasteiger partial charge in [0.2, 0.25) is 5.91 Å². The van der Waals surface area contributed by atoms with Gasteiger partial charge >= 0.3 is 0 Å². The zero-order valence-corrected chi connectivity index (χ0v) is 8.90. The predicted octanol–water partition coefficient (Wildman–Crippen LogP) is 2.86. The first kappa shape index (κ1) is 10.2. The van der Waals surface area contributed by atoms with Crippen LogP contribution in [0.1, 0.15) is 12.5 Å². The molecule has 2 nitrogen and oxygen atoms in total. The molecule has 0 aliphatic rings. The third-order valence-corrected chi connectivity index (χ3v) is 2.22. The van der Waals surface area contributed by atoms with Crippen molar-refractivity contribution in [3.8, 4) is 0 Å². The Morgan fingerprint density at radius 3 is 2.69 bits per heavy atom. The van der Waals surface area contributed by atoms with Crippen molar-refractivity contribution in [1.29, 1.82) is 0 Å². The molecule has 0 aliphatic heterocycles. The van der Waals surface area contributed by atoms with E-state index in [0.717, 1.165) is 0 Å². The average Bonchev–Trinajstić information content (AvgIpc) is 1.99. The molecule has 1 N–H and O–H groups in total. The van der Waals surface area contributed by atoms with E-state index in [0.29, 0.717) is 15.7 Å². The Hall–Kier alpha value is -0.900. The summed E-state index contributed by atoms with van der Waals surface area (Å²) >= 11 is 3.23. The lowest BCUT2D eigenvalue weighted by Crippen LogP contribution is -2.06. The van der Waals surface area contributed by atoms with Gasteiger partial charge in [-0.2, -0.15) is 0 Å². The lowest BCUT2D eigenvalue weighted by molar-refractivity contribution is -0.114. The smallest absolute Gasteiger partial charge is 0.221 e. The van der Waals surface area contributed by atoms with Crippen LogP contribution in [0, 0.1) is 12.7 Å². The maximum absolute atomic E-state index is 13.0. The molecule has 1 rings (SSSR count). The van der Waals surface area contributed by atoms with Crippen LogP contribution in [0.4, 0.5) is 10.1 Å². The van der Waals surface area contributed by atoms with Crippen LogP contribution in [0.25, 0.3) is 0 Å². The minimum absolute atomic E-state index is 0.219. The number of amides is 1. The van der Waals surface area contributed by atoms with Gasteiger partial charge in [-0.1, -0.05) is 0 Å². The zero-order chi connectivity index (χ0) is 10.0. The molecule has 1 aromatic rings. The Labute approximate surface area is 84.3 Å². The van der Waals surface area contributed by atoms with Gasteiger partial charge in [0.15, 0.2) is 0 Å². The highest BCUT2D eigenvalue weighted by atomic mass is 79.9. The number of carbonyl (C=O) groups excluding carboxylic acids is 1. The fourth-order valence-electron chi connectivity index (χ4n) is 0.932. The van der Waals surface area contributed by atoms with Crippen molar-refractivity contribution < 1.29 is 9.18 Å². The van der Waals surface area contributed by atoms with E-state index >= 15 is 0 Å². The number of benzene rings is 1. The summed E-state index contributed by atoms with van der Waals surface area (Å²) in [6.45, 7) is 3.04. The molecule has 0 radical (unpaired) electrons. The number of carbonyl (C=O) groups is 1. The van der Waals surface area contributed by atoms with Gasteiger partial charge in [0.05, 0.1) is 5.69 Å². The van der Waals surface area contributed by atoms with Crippen LogP contribution < -0.4 is 5.32 Å². The molecule has 0 spiro atoms. The van der Waals surface area contributed by atoms with Gasteiger partial charge in [-0.3, -0.25) is 4.79 Å². The largest absolute Gasteiger partial charge is 0.325 e. The highest BCUT2D eigenvalue weighted by Gasteiger charge is 2.05. The maximum atomic E-state index is 13.0. The lowest BCUT2D eigenvalue weighted by atomic mass is 10.2. The SMILES string of the molecule is CC(=O)Nc1cc(F)c(C)cc1Br. The first-order chi connectivity index (χ1) is 6.00. The van der Waals surface area contributed by atoms with Crippen molar-refractivity contribution in [2.24, 2.45) is 0 Å². The summed E-state index contributed by atoms with van der Waals surface area (Å²) in [4.78, 5) is 10.7. The Kier molecular flexibility index (Phi) is 3.03. The highest BCUT2D eigenvalue weighted by Crippen LogP contribution is 2.25. The second-order valence-electron chi connectivity index (χ2n) is 2.76. The lowest BCUT2D eigenvalue weighted by Gasteiger charge is -2.06. The van der Waals surface area contributed by atoms with Crippen LogP contribution in [-0.2, 0) is 4.79 Å². The molecular formula is C9H9BrFNO. The van der Waals surface area contributed by atoms with Gasteiger partial charge in [-0.05, 0) is 40.5 Å². The molecule has 0 saturated carbocycles. The summed E-state index contributed by atoms with van der Waals surface area (Å²) in [5.41, 5.74) is 0.997. The molecule has 70 valence electrons. The molecule has 0 unspecified atom stereocenters. The van der Waals surface area contributed by atoms with Gasteiger partial charge in [0.25, 0.3) is 0 Å². The predicted molar refractivity (Wildman–Crippen MR) is 53.1 cm³/mol. The number of rotatable bonds is 1. The second-order valence-corrected chi connectivity index (χ2v) is 3.62. The van der Waals surface area contributed by atoms with E-state index in [1.165, 1.54) is 13.0 Å². The van der Waals surface area contributed by atoms with Crippen molar-refractivity contribution >= 4 is 27.5 Å². The third kappa shape index (κ3) is 2.52. The van der Waals surface area contributed by atoms with Crippen LogP contribution in [0.3, 0.4) is 0 Å². The Bertz CT molecular complexity index is 352. The highest BCUT2D eigenvalue weighted by molar-refractivity contribution is 9.10. The number of anilines is 1. The summed E-state index contributed by atoms with van der Waals surface area (Å²) < 4.78 is 13.7. The van der Waals surface area contributed by atoms with Gasteiger partial charge in [0, 0.05) is 11.4 Å². The number of hydrogen-bond donors (Lipinski definition) is 1. The fraction of sp³-hybridized carbons (Fsp3) is 0.222. The molecule has 0 aliphatic carbocycles. The molecule has 0 bridgehead atoms. The van der Waals surface area contributed by atoms with Crippen molar-refractivity contribution in [1.82, 2.24) is 0 Å². The minimum atomic E-state index is -0.327. The molecule has 0 fully saturated rings. The molecular weight excluding hydrogens is 237 g/mol. The second kappa shape index (κ2) is 3.87. The van der Waals surface area contributed by atoms with Gasteiger partial charge in [-0.25, -0.2) is 4.39 Å². The quantitative estimate of drug-likeness (QED) is 0.810. The van der Waals surface area contributed by atoms with Gasteiger partial charge in [0.1, 0.15) is 5.82 Å². The van der Waals surface area contributed by atoms with E-state index in [4.69, 9.17) is 0 Å². The average molecular weight is 246 g/mol. The van der Waals surface area contributed by atoms with E-state index in [9.17, 15) is 9.18 Å². The number of aryl methyl sites for hydroxylation is 1. The zero-order valence-electron chi connectivity index (χ0n) is 7.32. The molecule has 13 heavy (non-hydrogen) atoms. The Morgan fingerprint density at radius 1 is 1.54 bits per heavy atom. The number of halogens is 2. The third-order valence-electron chi connectivity index (χ3n) is 1.56.